The van der Waals surface area contributed by atoms with E-state index < -0.39 is 5.97 Å². The van der Waals surface area contributed by atoms with Gasteiger partial charge in [0.05, 0.1) is 0 Å². The molecule has 25 heavy (non-hydrogen) atoms. The van der Waals surface area contributed by atoms with Crippen molar-refractivity contribution < 1.29 is 9.90 Å². The van der Waals surface area contributed by atoms with Gasteiger partial charge in [0.2, 0.25) is 0 Å². The molecule has 0 saturated heterocycles. The summed E-state index contributed by atoms with van der Waals surface area (Å²) < 4.78 is 0. The van der Waals surface area contributed by atoms with Crippen LogP contribution in [0.15, 0.2) is 12.7 Å². The average Bonchev–Trinajstić information content (AvgIpc) is 2.60. The van der Waals surface area contributed by atoms with Gasteiger partial charge in [-0.3, -0.25) is 0 Å². The van der Waals surface area contributed by atoms with E-state index in [1.165, 1.54) is 51.4 Å². The van der Waals surface area contributed by atoms with Crippen molar-refractivity contribution in [2.75, 3.05) is 26.2 Å². The van der Waals surface area contributed by atoms with Crippen molar-refractivity contribution in [1.29, 1.82) is 0 Å². The minimum Gasteiger partial charge on any atom is -0.478 e. The van der Waals surface area contributed by atoms with Crippen LogP contribution in [0.5, 0.6) is 0 Å². The first-order chi connectivity index (χ1) is 11.9. The van der Waals surface area contributed by atoms with Crippen LogP contribution in [0.4, 0.5) is 0 Å². The van der Waals surface area contributed by atoms with Crippen LogP contribution in [-0.2, 0) is 4.79 Å². The largest absolute Gasteiger partial charge is 0.478 e. The Balaban J connectivity index is -0.0000000667. The van der Waals surface area contributed by atoms with E-state index in [1.807, 2.05) is 0 Å². The maximum Gasteiger partial charge on any atom is 0.327 e. The van der Waals surface area contributed by atoms with Crippen LogP contribution in [-0.4, -0.2) is 37.3 Å². The predicted molar refractivity (Wildman–Crippen MR) is 114 cm³/mol. The van der Waals surface area contributed by atoms with E-state index in [2.05, 4.69) is 34.3 Å². The zero-order valence-electron chi connectivity index (χ0n) is 17.4. The Labute approximate surface area is 157 Å². The minimum atomic E-state index is -0.981. The summed E-state index contributed by atoms with van der Waals surface area (Å²) in [6, 6.07) is 0. The first-order valence-electron chi connectivity index (χ1n) is 9.59. The highest BCUT2D eigenvalue weighted by Gasteiger charge is 1.73. The molecular formula is C19H48N4O2. The Hall–Kier alpha value is -0.950. The number of nitrogens with two attached hydrogens (primary N) is 4. The van der Waals surface area contributed by atoms with Gasteiger partial charge < -0.3 is 28.0 Å². The lowest BCUT2D eigenvalue weighted by molar-refractivity contribution is -0.131. The van der Waals surface area contributed by atoms with Gasteiger partial charge in [-0.1, -0.05) is 60.0 Å². The van der Waals surface area contributed by atoms with Gasteiger partial charge in [0.1, 0.15) is 0 Å². The molecule has 0 bridgehead atoms. The van der Waals surface area contributed by atoms with Gasteiger partial charge in [-0.25, -0.2) is 4.79 Å². The lowest BCUT2D eigenvalue weighted by Gasteiger charge is -1.80. The lowest BCUT2D eigenvalue weighted by Crippen LogP contribution is -1.95. The zero-order chi connectivity index (χ0) is 20.8. The number of rotatable bonds is 9. The quantitative estimate of drug-likeness (QED) is 0.398. The fourth-order valence-corrected chi connectivity index (χ4v) is 0.816. The maximum absolute atomic E-state index is 9.25. The van der Waals surface area contributed by atoms with E-state index in [0.717, 1.165) is 32.3 Å². The Morgan fingerprint density at radius 3 is 0.880 bits per heavy atom. The van der Waals surface area contributed by atoms with Gasteiger partial charge >= 0.3 is 5.97 Å². The van der Waals surface area contributed by atoms with Crippen LogP contribution < -0.4 is 22.9 Å². The Morgan fingerprint density at radius 2 is 0.880 bits per heavy atom. The van der Waals surface area contributed by atoms with Crippen molar-refractivity contribution >= 4 is 5.97 Å². The van der Waals surface area contributed by atoms with Crippen molar-refractivity contribution in [3.63, 3.8) is 0 Å². The van der Waals surface area contributed by atoms with Gasteiger partial charge in [-0.15, -0.1) is 0 Å². The third kappa shape index (κ3) is 125. The number of carboxylic acids is 1. The Bertz CT molecular complexity index is 172. The molecule has 0 rings (SSSR count). The summed E-state index contributed by atoms with van der Waals surface area (Å²) in [6.45, 7) is 14.9. The molecule has 0 unspecified atom stereocenters. The smallest absolute Gasteiger partial charge is 0.327 e. The summed E-state index contributed by atoms with van der Waals surface area (Å²) in [6.07, 6.45) is 10.4. The van der Waals surface area contributed by atoms with E-state index in [4.69, 9.17) is 28.0 Å². The maximum atomic E-state index is 9.25. The molecule has 0 amide bonds. The molecule has 0 aliphatic heterocycles. The monoisotopic (exact) mass is 364 g/mol. The SMILES string of the molecule is C=CC(=O)O.CCCCN.CCCCN.CCCCN.CCCCN. The van der Waals surface area contributed by atoms with Crippen LogP contribution in [0.1, 0.15) is 79.1 Å². The second-order valence-electron chi connectivity index (χ2n) is 5.11. The van der Waals surface area contributed by atoms with Crippen molar-refractivity contribution in [3.05, 3.63) is 12.7 Å². The molecule has 0 atom stereocenters. The highest BCUT2D eigenvalue weighted by molar-refractivity contribution is 5.78. The number of carbonyl (C=O) groups is 1. The molecule has 0 aromatic carbocycles. The van der Waals surface area contributed by atoms with Crippen molar-refractivity contribution in [1.82, 2.24) is 0 Å². The Morgan fingerprint density at radius 1 is 0.720 bits per heavy atom. The molecule has 0 saturated carbocycles. The summed E-state index contributed by atoms with van der Waals surface area (Å²) in [4.78, 5) is 9.25. The third-order valence-corrected chi connectivity index (χ3v) is 2.41. The molecule has 0 aliphatic carbocycles. The van der Waals surface area contributed by atoms with E-state index in [-0.39, 0.29) is 0 Å². The van der Waals surface area contributed by atoms with Gasteiger partial charge in [-0.05, 0) is 51.9 Å². The van der Waals surface area contributed by atoms with Gasteiger partial charge in [0.25, 0.3) is 0 Å². The first kappa shape index (κ1) is 35.2. The zero-order valence-corrected chi connectivity index (χ0v) is 17.4. The van der Waals surface area contributed by atoms with Gasteiger partial charge in [0, 0.05) is 6.08 Å². The third-order valence-electron chi connectivity index (χ3n) is 2.41. The molecule has 0 spiro atoms. The van der Waals surface area contributed by atoms with Crippen molar-refractivity contribution in [2.24, 2.45) is 22.9 Å². The summed E-state index contributed by atoms with van der Waals surface area (Å²) >= 11 is 0. The fourth-order valence-electron chi connectivity index (χ4n) is 0.816. The molecule has 0 fully saturated rings. The highest BCUT2D eigenvalue weighted by Crippen LogP contribution is 1.78. The second kappa shape index (κ2) is 49.5. The standard InChI is InChI=1S/4C4H11N.C3H4O2/c4*1-2-3-4-5;1-2-3(4)5/h4*2-5H2,1H3;2H,1H2,(H,4,5). The fraction of sp³-hybridized carbons (Fsp3) is 0.842. The molecule has 0 aliphatic rings. The van der Waals surface area contributed by atoms with E-state index in [0.29, 0.717) is 0 Å². The van der Waals surface area contributed by atoms with Crippen LogP contribution >= 0.6 is 0 Å². The first-order valence-corrected chi connectivity index (χ1v) is 9.59. The number of unbranched alkanes of at least 4 members (excludes halogenated alkanes) is 4. The summed E-state index contributed by atoms with van der Waals surface area (Å²) in [7, 11) is 0. The number of aliphatic carboxylic acids is 1. The highest BCUT2D eigenvalue weighted by atomic mass is 16.4. The lowest BCUT2D eigenvalue weighted by atomic mass is 10.3. The molecule has 0 aromatic rings. The average molecular weight is 365 g/mol. The van der Waals surface area contributed by atoms with E-state index in [1.54, 1.807) is 0 Å². The number of hydrogen-bond donors (Lipinski definition) is 5. The molecule has 0 aromatic heterocycles. The molecule has 6 heteroatoms. The molecule has 6 nitrogen and oxygen atoms in total. The van der Waals surface area contributed by atoms with E-state index in [9.17, 15) is 4.79 Å². The van der Waals surface area contributed by atoms with Gasteiger partial charge in [0.15, 0.2) is 0 Å². The van der Waals surface area contributed by atoms with Crippen LogP contribution in [0.3, 0.4) is 0 Å². The normalized spacial score (nSPS) is 8.00. The van der Waals surface area contributed by atoms with E-state index >= 15 is 0 Å². The molecule has 156 valence electrons. The molecule has 0 radical (unpaired) electrons. The summed E-state index contributed by atoms with van der Waals surface area (Å²) in [5.41, 5.74) is 20.6. The molecule has 9 N–H and O–H groups in total. The number of hydrogen-bond acceptors (Lipinski definition) is 5. The number of carboxylic acid groups (broad SMARTS) is 1. The summed E-state index contributed by atoms with van der Waals surface area (Å²) in [5, 5.41) is 7.60. The van der Waals surface area contributed by atoms with Gasteiger partial charge in [-0.2, -0.15) is 0 Å². The second-order valence-corrected chi connectivity index (χ2v) is 5.11. The van der Waals surface area contributed by atoms with Crippen LogP contribution in [0, 0.1) is 0 Å². The van der Waals surface area contributed by atoms with Crippen LogP contribution in [0.2, 0.25) is 0 Å². The molecular weight excluding hydrogens is 316 g/mol. The molecule has 0 heterocycles. The summed E-state index contributed by atoms with van der Waals surface area (Å²) in [5.74, 6) is -0.981. The topological polar surface area (TPSA) is 141 Å². The minimum absolute atomic E-state index is 0.833. The van der Waals surface area contributed by atoms with Crippen molar-refractivity contribution in [2.45, 2.75) is 79.1 Å². The predicted octanol–water partition coefficient (Wildman–Crippen LogP) is 3.24. The van der Waals surface area contributed by atoms with Crippen LogP contribution in [0.25, 0.3) is 0 Å². The van der Waals surface area contributed by atoms with Crippen molar-refractivity contribution in [3.8, 4) is 0 Å². The Kier molecular flexibility index (Phi) is 69.7.